The van der Waals surface area contributed by atoms with Crippen molar-refractivity contribution in [3.05, 3.63) is 24.2 Å². The second kappa shape index (κ2) is 5.75. The van der Waals surface area contributed by atoms with Crippen LogP contribution in [0, 0.1) is 0 Å². The molecule has 0 saturated carbocycles. The van der Waals surface area contributed by atoms with Crippen molar-refractivity contribution in [2.75, 3.05) is 39.3 Å². The summed E-state index contributed by atoms with van der Waals surface area (Å²) in [6.07, 6.45) is 2.92. The van der Waals surface area contributed by atoms with Crippen LogP contribution in [0.1, 0.15) is 12.2 Å². The summed E-state index contributed by atoms with van der Waals surface area (Å²) in [5.74, 6) is 1.15. The number of nitrogens with zero attached hydrogens (tertiary/aromatic N) is 2. The van der Waals surface area contributed by atoms with Gasteiger partial charge in [0.25, 0.3) is 0 Å². The second-order valence-electron chi connectivity index (χ2n) is 5.32. The average Bonchev–Trinajstić information content (AvgIpc) is 2.89. The Bertz CT molecular complexity index is 406. The Kier molecular flexibility index (Phi) is 3.84. The highest BCUT2D eigenvalue weighted by Gasteiger charge is 2.34. The number of nitrogens with one attached hydrogen (secondary N) is 1. The smallest absolute Gasteiger partial charge is 0.223 e. The molecule has 1 aromatic heterocycles. The molecule has 5 nitrogen and oxygen atoms in total. The van der Waals surface area contributed by atoms with E-state index in [-0.39, 0.29) is 5.91 Å². The maximum Gasteiger partial charge on any atom is 0.223 e. The van der Waals surface area contributed by atoms with Crippen LogP contribution < -0.4 is 5.32 Å². The Balaban J connectivity index is 1.39. The fourth-order valence-corrected chi connectivity index (χ4v) is 2.78. The first kappa shape index (κ1) is 12.7. The zero-order chi connectivity index (χ0) is 13.1. The van der Waals surface area contributed by atoms with Gasteiger partial charge in [-0.1, -0.05) is 0 Å². The largest absolute Gasteiger partial charge is 0.469 e. The van der Waals surface area contributed by atoms with Crippen molar-refractivity contribution in [1.29, 1.82) is 0 Å². The molecule has 1 N–H and O–H groups in total. The molecule has 0 bridgehead atoms. The lowest BCUT2D eigenvalue weighted by atomic mass is 10.0. The maximum absolute atomic E-state index is 12.0. The van der Waals surface area contributed by atoms with Gasteiger partial charge in [0.1, 0.15) is 5.76 Å². The van der Waals surface area contributed by atoms with Gasteiger partial charge in [-0.3, -0.25) is 9.69 Å². The Morgan fingerprint density at radius 2 is 2.16 bits per heavy atom. The number of piperazine rings is 1. The van der Waals surface area contributed by atoms with Crippen molar-refractivity contribution < 1.29 is 9.21 Å². The van der Waals surface area contributed by atoms with Crippen molar-refractivity contribution in [2.45, 2.75) is 18.9 Å². The van der Waals surface area contributed by atoms with Gasteiger partial charge in [-0.05, 0) is 12.1 Å². The molecule has 0 atom stereocenters. The van der Waals surface area contributed by atoms with Crippen LogP contribution >= 0.6 is 0 Å². The first-order chi connectivity index (χ1) is 9.33. The zero-order valence-electron chi connectivity index (χ0n) is 11.2. The molecule has 2 aliphatic rings. The molecule has 0 unspecified atom stereocenters. The highest BCUT2D eigenvalue weighted by molar-refractivity contribution is 5.77. The number of furan rings is 1. The minimum absolute atomic E-state index is 0.253. The number of aryl methyl sites for hydroxylation is 1. The Morgan fingerprint density at radius 3 is 2.84 bits per heavy atom. The van der Waals surface area contributed by atoms with Gasteiger partial charge >= 0.3 is 0 Å². The van der Waals surface area contributed by atoms with E-state index < -0.39 is 0 Å². The molecule has 0 aliphatic carbocycles. The summed E-state index contributed by atoms with van der Waals surface area (Å²) in [5.41, 5.74) is 0. The van der Waals surface area contributed by atoms with Gasteiger partial charge in [0.15, 0.2) is 0 Å². The van der Waals surface area contributed by atoms with Gasteiger partial charge in [-0.15, -0.1) is 0 Å². The van der Waals surface area contributed by atoms with E-state index in [1.165, 1.54) is 0 Å². The van der Waals surface area contributed by atoms with Crippen LogP contribution in [-0.4, -0.2) is 61.0 Å². The lowest BCUT2D eigenvalue weighted by molar-refractivity contribution is -0.138. The lowest BCUT2D eigenvalue weighted by Crippen LogP contribution is -2.63. The quantitative estimate of drug-likeness (QED) is 0.850. The van der Waals surface area contributed by atoms with Crippen molar-refractivity contribution in [1.82, 2.24) is 15.1 Å². The highest BCUT2D eigenvalue weighted by Crippen LogP contribution is 2.17. The summed E-state index contributed by atoms with van der Waals surface area (Å²) < 4.78 is 5.25. The summed E-state index contributed by atoms with van der Waals surface area (Å²) in [4.78, 5) is 16.5. The topological polar surface area (TPSA) is 48.7 Å². The average molecular weight is 263 g/mol. The van der Waals surface area contributed by atoms with Crippen molar-refractivity contribution >= 4 is 5.91 Å². The highest BCUT2D eigenvalue weighted by atomic mass is 16.3. The van der Waals surface area contributed by atoms with Crippen LogP contribution in [0.5, 0.6) is 0 Å². The Morgan fingerprint density at radius 1 is 1.37 bits per heavy atom. The fourth-order valence-electron chi connectivity index (χ4n) is 2.78. The van der Waals surface area contributed by atoms with E-state index >= 15 is 0 Å². The van der Waals surface area contributed by atoms with Gasteiger partial charge in [-0.2, -0.15) is 0 Å². The first-order valence-corrected chi connectivity index (χ1v) is 7.08. The third-order valence-electron chi connectivity index (χ3n) is 4.05. The SMILES string of the molecule is O=C(CCc1ccco1)N1CC(N2CCNCC2)C1. The van der Waals surface area contributed by atoms with Gasteiger partial charge in [-0.25, -0.2) is 0 Å². The maximum atomic E-state index is 12.0. The normalized spacial score (nSPS) is 21.4. The van der Waals surface area contributed by atoms with Gasteiger partial charge in [0.2, 0.25) is 5.91 Å². The molecule has 3 rings (SSSR count). The molecular formula is C14H21N3O2. The molecular weight excluding hydrogens is 242 g/mol. The number of amides is 1. The van der Waals surface area contributed by atoms with Crippen LogP contribution in [0.2, 0.25) is 0 Å². The molecule has 2 aliphatic heterocycles. The second-order valence-corrected chi connectivity index (χ2v) is 5.32. The predicted octanol–water partition coefficient (Wildman–Crippen LogP) is 0.328. The zero-order valence-corrected chi connectivity index (χ0v) is 11.2. The molecule has 0 radical (unpaired) electrons. The molecule has 1 aromatic rings. The molecule has 5 heteroatoms. The summed E-state index contributed by atoms with van der Waals surface area (Å²) in [6, 6.07) is 4.37. The van der Waals surface area contributed by atoms with E-state index in [9.17, 15) is 4.79 Å². The number of rotatable bonds is 4. The number of likely N-dealkylation sites (tertiary alicyclic amines) is 1. The summed E-state index contributed by atoms with van der Waals surface area (Å²) in [7, 11) is 0. The van der Waals surface area contributed by atoms with Gasteiger partial charge in [0.05, 0.1) is 6.26 Å². The number of hydrogen-bond donors (Lipinski definition) is 1. The van der Waals surface area contributed by atoms with Crippen LogP contribution in [0.4, 0.5) is 0 Å². The number of carbonyl (C=O) groups is 1. The van der Waals surface area contributed by atoms with E-state index in [1.807, 2.05) is 17.0 Å². The number of hydrogen-bond acceptors (Lipinski definition) is 4. The van der Waals surface area contributed by atoms with E-state index in [0.717, 1.165) is 45.0 Å². The van der Waals surface area contributed by atoms with Crippen molar-refractivity contribution in [2.24, 2.45) is 0 Å². The molecule has 2 saturated heterocycles. The predicted molar refractivity (Wildman–Crippen MR) is 71.8 cm³/mol. The minimum atomic E-state index is 0.253. The Hall–Kier alpha value is -1.33. The summed E-state index contributed by atoms with van der Waals surface area (Å²) in [5, 5.41) is 3.36. The molecule has 1 amide bonds. The van der Waals surface area contributed by atoms with Crippen LogP contribution in [0.15, 0.2) is 22.8 Å². The first-order valence-electron chi connectivity index (χ1n) is 7.08. The third kappa shape index (κ3) is 2.98. The molecule has 3 heterocycles. The van der Waals surface area contributed by atoms with Crippen LogP contribution in [0.3, 0.4) is 0 Å². The van der Waals surface area contributed by atoms with Crippen LogP contribution in [-0.2, 0) is 11.2 Å². The number of carbonyl (C=O) groups excluding carboxylic acids is 1. The molecule has 2 fully saturated rings. The van der Waals surface area contributed by atoms with Crippen LogP contribution in [0.25, 0.3) is 0 Å². The summed E-state index contributed by atoms with van der Waals surface area (Å²) >= 11 is 0. The van der Waals surface area contributed by atoms with E-state index in [2.05, 4.69) is 10.2 Å². The third-order valence-corrected chi connectivity index (χ3v) is 4.05. The standard InChI is InChI=1S/C14H21N3O2/c18-14(4-3-13-2-1-9-19-13)17-10-12(11-17)16-7-5-15-6-8-16/h1-2,9,12,15H,3-8,10-11H2. The lowest BCUT2D eigenvalue weighted by Gasteiger charge is -2.46. The minimum Gasteiger partial charge on any atom is -0.469 e. The molecule has 0 spiro atoms. The summed E-state index contributed by atoms with van der Waals surface area (Å²) in [6.45, 7) is 6.16. The van der Waals surface area contributed by atoms with E-state index in [4.69, 9.17) is 4.42 Å². The molecule has 0 aromatic carbocycles. The van der Waals surface area contributed by atoms with E-state index in [1.54, 1.807) is 6.26 Å². The van der Waals surface area contributed by atoms with Crippen molar-refractivity contribution in [3.8, 4) is 0 Å². The van der Waals surface area contributed by atoms with Gasteiger partial charge in [0, 0.05) is 58.2 Å². The molecule has 19 heavy (non-hydrogen) atoms. The van der Waals surface area contributed by atoms with Crippen molar-refractivity contribution in [3.63, 3.8) is 0 Å². The van der Waals surface area contributed by atoms with Gasteiger partial charge < -0.3 is 14.6 Å². The monoisotopic (exact) mass is 263 g/mol. The Labute approximate surface area is 113 Å². The fraction of sp³-hybridized carbons (Fsp3) is 0.643. The van der Waals surface area contributed by atoms with E-state index in [0.29, 0.717) is 18.9 Å². The molecule has 104 valence electrons.